The zero-order valence-electron chi connectivity index (χ0n) is 14.1. The third-order valence-electron chi connectivity index (χ3n) is 3.82. The molecule has 0 unspecified atom stereocenters. The first-order valence-electron chi connectivity index (χ1n) is 8.19. The number of hydrogen-bond acceptors (Lipinski definition) is 3. The Morgan fingerprint density at radius 1 is 0.957 bits per heavy atom. The van der Waals surface area contributed by atoms with Gasteiger partial charge in [-0.2, -0.15) is 0 Å². The van der Waals surface area contributed by atoms with Gasteiger partial charge in [0.15, 0.2) is 0 Å². The molecular formula is C18H26N2O3. The minimum absolute atomic E-state index is 0.0332. The van der Waals surface area contributed by atoms with Crippen LogP contribution in [0.2, 0.25) is 0 Å². The quantitative estimate of drug-likeness (QED) is 0.899. The highest BCUT2D eigenvalue weighted by molar-refractivity contribution is 5.94. The SMILES string of the molecule is CC(C)(C)OC(=O)N[C@H]1CC[C@@H](NC(=O)c2ccccc2)CC1. The van der Waals surface area contributed by atoms with E-state index in [0.29, 0.717) is 5.56 Å². The van der Waals surface area contributed by atoms with Gasteiger partial charge >= 0.3 is 6.09 Å². The predicted octanol–water partition coefficient (Wildman–Crippen LogP) is 3.25. The highest BCUT2D eigenvalue weighted by atomic mass is 16.6. The van der Waals surface area contributed by atoms with E-state index in [1.807, 2.05) is 51.1 Å². The van der Waals surface area contributed by atoms with Crippen LogP contribution in [0.1, 0.15) is 56.8 Å². The van der Waals surface area contributed by atoms with Crippen molar-refractivity contribution in [3.63, 3.8) is 0 Å². The summed E-state index contributed by atoms with van der Waals surface area (Å²) in [4.78, 5) is 23.9. The molecule has 1 fully saturated rings. The molecule has 126 valence electrons. The number of ether oxygens (including phenoxy) is 1. The molecule has 2 N–H and O–H groups in total. The van der Waals surface area contributed by atoms with E-state index in [0.717, 1.165) is 25.7 Å². The number of carbonyl (C=O) groups excluding carboxylic acids is 2. The average Bonchev–Trinajstić information content (AvgIpc) is 2.48. The molecule has 2 rings (SSSR count). The van der Waals surface area contributed by atoms with E-state index in [-0.39, 0.29) is 24.1 Å². The molecule has 1 aromatic rings. The van der Waals surface area contributed by atoms with Crippen LogP contribution in [0.5, 0.6) is 0 Å². The molecule has 5 nitrogen and oxygen atoms in total. The van der Waals surface area contributed by atoms with Gasteiger partial charge in [-0.15, -0.1) is 0 Å². The highest BCUT2D eigenvalue weighted by Crippen LogP contribution is 2.19. The van der Waals surface area contributed by atoms with Crippen molar-refractivity contribution in [1.82, 2.24) is 10.6 Å². The third kappa shape index (κ3) is 5.93. The first-order chi connectivity index (χ1) is 10.8. The van der Waals surface area contributed by atoms with Crippen molar-refractivity contribution < 1.29 is 14.3 Å². The van der Waals surface area contributed by atoms with Crippen LogP contribution in [-0.4, -0.2) is 29.7 Å². The zero-order valence-corrected chi connectivity index (χ0v) is 14.1. The normalized spacial score (nSPS) is 21.3. The Balaban J connectivity index is 1.74. The molecule has 1 aliphatic carbocycles. The first kappa shape index (κ1) is 17.3. The number of rotatable bonds is 3. The summed E-state index contributed by atoms with van der Waals surface area (Å²) in [5.74, 6) is -0.0332. The van der Waals surface area contributed by atoms with E-state index in [1.54, 1.807) is 0 Å². The lowest BCUT2D eigenvalue weighted by molar-refractivity contribution is 0.0488. The Kier molecular flexibility index (Phi) is 5.64. The smallest absolute Gasteiger partial charge is 0.407 e. The fourth-order valence-electron chi connectivity index (χ4n) is 2.71. The van der Waals surface area contributed by atoms with Gasteiger partial charge in [0, 0.05) is 17.6 Å². The summed E-state index contributed by atoms with van der Waals surface area (Å²) in [6.07, 6.45) is 3.05. The van der Waals surface area contributed by atoms with Crippen LogP contribution < -0.4 is 10.6 Å². The van der Waals surface area contributed by atoms with Crippen LogP contribution in [0, 0.1) is 0 Å². The van der Waals surface area contributed by atoms with Crippen LogP contribution in [0.25, 0.3) is 0 Å². The predicted molar refractivity (Wildman–Crippen MR) is 89.3 cm³/mol. The van der Waals surface area contributed by atoms with Gasteiger partial charge in [0.25, 0.3) is 5.91 Å². The van der Waals surface area contributed by atoms with Crippen molar-refractivity contribution in [2.24, 2.45) is 0 Å². The monoisotopic (exact) mass is 318 g/mol. The standard InChI is InChI=1S/C18H26N2O3/c1-18(2,3)23-17(22)20-15-11-9-14(10-12-15)19-16(21)13-7-5-4-6-8-13/h4-8,14-15H,9-12H2,1-3H3,(H,19,21)(H,20,22)/t14-,15+. The zero-order chi connectivity index (χ0) is 16.9. The summed E-state index contributed by atoms with van der Waals surface area (Å²) >= 11 is 0. The second-order valence-electron chi connectivity index (χ2n) is 7.03. The van der Waals surface area contributed by atoms with Crippen molar-refractivity contribution in [3.05, 3.63) is 35.9 Å². The number of benzene rings is 1. The van der Waals surface area contributed by atoms with Crippen molar-refractivity contribution >= 4 is 12.0 Å². The van der Waals surface area contributed by atoms with Gasteiger partial charge < -0.3 is 15.4 Å². The molecule has 0 bridgehead atoms. The van der Waals surface area contributed by atoms with Crippen molar-refractivity contribution in [3.8, 4) is 0 Å². The fourth-order valence-corrected chi connectivity index (χ4v) is 2.71. The molecule has 0 heterocycles. The second-order valence-corrected chi connectivity index (χ2v) is 7.03. The Hall–Kier alpha value is -2.04. The summed E-state index contributed by atoms with van der Waals surface area (Å²) in [6, 6.07) is 9.52. The molecule has 1 saturated carbocycles. The third-order valence-corrected chi connectivity index (χ3v) is 3.82. The molecule has 0 aliphatic heterocycles. The lowest BCUT2D eigenvalue weighted by Crippen LogP contribution is -2.45. The van der Waals surface area contributed by atoms with Crippen LogP contribution >= 0.6 is 0 Å². The Morgan fingerprint density at radius 3 is 2.00 bits per heavy atom. The molecular weight excluding hydrogens is 292 g/mol. The van der Waals surface area contributed by atoms with Crippen molar-refractivity contribution in [1.29, 1.82) is 0 Å². The van der Waals surface area contributed by atoms with Crippen LogP contribution in [-0.2, 0) is 4.74 Å². The molecule has 0 saturated heterocycles. The highest BCUT2D eigenvalue weighted by Gasteiger charge is 2.25. The van der Waals surface area contributed by atoms with Crippen LogP contribution in [0.4, 0.5) is 4.79 Å². The Labute approximate surface area is 137 Å². The van der Waals surface area contributed by atoms with E-state index in [2.05, 4.69) is 10.6 Å². The van der Waals surface area contributed by atoms with Gasteiger partial charge in [-0.1, -0.05) is 18.2 Å². The molecule has 0 atom stereocenters. The number of hydrogen-bond donors (Lipinski definition) is 2. The average molecular weight is 318 g/mol. The maximum atomic E-state index is 12.1. The summed E-state index contributed by atoms with van der Waals surface area (Å²) in [7, 11) is 0. The van der Waals surface area contributed by atoms with Gasteiger partial charge in [-0.25, -0.2) is 4.79 Å². The summed E-state index contributed by atoms with van der Waals surface area (Å²) < 4.78 is 5.27. The van der Waals surface area contributed by atoms with Crippen molar-refractivity contribution in [2.45, 2.75) is 64.1 Å². The van der Waals surface area contributed by atoms with Gasteiger partial charge in [0.1, 0.15) is 5.60 Å². The molecule has 5 heteroatoms. The molecule has 23 heavy (non-hydrogen) atoms. The maximum absolute atomic E-state index is 12.1. The minimum Gasteiger partial charge on any atom is -0.444 e. The molecule has 0 aromatic heterocycles. The van der Waals surface area contributed by atoms with Gasteiger partial charge in [-0.05, 0) is 58.6 Å². The lowest BCUT2D eigenvalue weighted by Gasteiger charge is -2.30. The van der Waals surface area contributed by atoms with Gasteiger partial charge in [0.2, 0.25) is 0 Å². The second kappa shape index (κ2) is 7.49. The minimum atomic E-state index is -0.481. The molecule has 1 aromatic carbocycles. The largest absolute Gasteiger partial charge is 0.444 e. The number of amides is 2. The number of nitrogens with one attached hydrogen (secondary N) is 2. The Bertz CT molecular complexity index is 529. The summed E-state index contributed by atoms with van der Waals surface area (Å²) in [5.41, 5.74) is 0.201. The molecule has 2 amide bonds. The Morgan fingerprint density at radius 2 is 1.48 bits per heavy atom. The van der Waals surface area contributed by atoms with E-state index in [1.165, 1.54) is 0 Å². The topological polar surface area (TPSA) is 67.4 Å². The number of carbonyl (C=O) groups is 2. The summed E-state index contributed by atoms with van der Waals surface area (Å²) in [5, 5.41) is 5.97. The van der Waals surface area contributed by atoms with Crippen LogP contribution in [0.3, 0.4) is 0 Å². The molecule has 1 aliphatic rings. The van der Waals surface area contributed by atoms with E-state index in [9.17, 15) is 9.59 Å². The van der Waals surface area contributed by atoms with Crippen molar-refractivity contribution in [2.75, 3.05) is 0 Å². The summed E-state index contributed by atoms with van der Waals surface area (Å²) in [6.45, 7) is 5.55. The number of alkyl carbamates (subject to hydrolysis) is 1. The molecule has 0 radical (unpaired) electrons. The van der Waals surface area contributed by atoms with Gasteiger partial charge in [-0.3, -0.25) is 4.79 Å². The molecule has 0 spiro atoms. The van der Waals surface area contributed by atoms with E-state index < -0.39 is 5.60 Å². The lowest BCUT2D eigenvalue weighted by atomic mass is 9.91. The van der Waals surface area contributed by atoms with Gasteiger partial charge in [0.05, 0.1) is 0 Å². The van der Waals surface area contributed by atoms with Crippen LogP contribution in [0.15, 0.2) is 30.3 Å². The van der Waals surface area contributed by atoms with E-state index in [4.69, 9.17) is 4.74 Å². The van der Waals surface area contributed by atoms with E-state index >= 15 is 0 Å². The fraction of sp³-hybridized carbons (Fsp3) is 0.556. The first-order valence-corrected chi connectivity index (χ1v) is 8.19. The maximum Gasteiger partial charge on any atom is 0.407 e.